The predicted octanol–water partition coefficient (Wildman–Crippen LogP) is 1.15. The summed E-state index contributed by atoms with van der Waals surface area (Å²) in [6.07, 6.45) is 2.74. The number of amides is 1. The Balaban J connectivity index is 2.08. The SMILES string of the molecule is CN1CCC(CN(C)C(=O)c2cc(Br)cnc2NN)C1. The van der Waals surface area contributed by atoms with Crippen LogP contribution < -0.4 is 11.3 Å². The smallest absolute Gasteiger partial charge is 0.257 e. The van der Waals surface area contributed by atoms with E-state index in [-0.39, 0.29) is 5.91 Å². The molecule has 3 N–H and O–H groups in total. The van der Waals surface area contributed by atoms with E-state index in [9.17, 15) is 4.79 Å². The highest BCUT2D eigenvalue weighted by Gasteiger charge is 2.24. The molecular formula is C13H20BrN5O. The fourth-order valence-electron chi connectivity index (χ4n) is 2.57. The highest BCUT2D eigenvalue weighted by Crippen LogP contribution is 2.21. The zero-order valence-corrected chi connectivity index (χ0v) is 13.4. The average molecular weight is 342 g/mol. The maximum atomic E-state index is 12.5. The molecule has 1 unspecified atom stereocenters. The van der Waals surface area contributed by atoms with Crippen LogP contribution in [0.5, 0.6) is 0 Å². The minimum atomic E-state index is -0.0682. The second-order valence-corrected chi connectivity index (χ2v) is 6.21. The number of aromatic nitrogens is 1. The number of anilines is 1. The first-order valence-electron chi connectivity index (χ1n) is 6.57. The lowest BCUT2D eigenvalue weighted by molar-refractivity contribution is 0.0774. The van der Waals surface area contributed by atoms with Crippen molar-refractivity contribution in [2.75, 3.05) is 39.2 Å². The number of halogens is 1. The Morgan fingerprint density at radius 3 is 3.05 bits per heavy atom. The number of hydrazine groups is 1. The van der Waals surface area contributed by atoms with Gasteiger partial charge in [0.15, 0.2) is 5.82 Å². The van der Waals surface area contributed by atoms with Crippen molar-refractivity contribution in [2.24, 2.45) is 11.8 Å². The molecule has 0 spiro atoms. The third-order valence-corrected chi connectivity index (χ3v) is 4.02. The number of nitrogens with zero attached hydrogens (tertiary/aromatic N) is 3. The molecule has 1 aromatic heterocycles. The van der Waals surface area contributed by atoms with E-state index >= 15 is 0 Å². The van der Waals surface area contributed by atoms with Crippen LogP contribution in [0.15, 0.2) is 16.7 Å². The van der Waals surface area contributed by atoms with Gasteiger partial charge in [0, 0.05) is 30.8 Å². The van der Waals surface area contributed by atoms with E-state index < -0.39 is 0 Å². The van der Waals surface area contributed by atoms with Crippen molar-refractivity contribution in [3.63, 3.8) is 0 Å². The number of hydrogen-bond acceptors (Lipinski definition) is 5. The quantitative estimate of drug-likeness (QED) is 0.634. The van der Waals surface area contributed by atoms with Crippen LogP contribution in [0.25, 0.3) is 0 Å². The first kappa shape index (κ1) is 15.2. The Labute approximate surface area is 127 Å². The molecule has 110 valence electrons. The standard InChI is InChI=1S/C13H20BrN5O/c1-18-4-3-9(7-18)8-19(2)13(20)11-5-10(14)6-16-12(11)17-15/h5-6,9H,3-4,7-8,15H2,1-2H3,(H,16,17). The zero-order valence-electron chi connectivity index (χ0n) is 11.8. The third-order valence-electron chi connectivity index (χ3n) is 3.59. The van der Waals surface area contributed by atoms with Crippen LogP contribution in [-0.2, 0) is 0 Å². The Morgan fingerprint density at radius 1 is 1.70 bits per heavy atom. The van der Waals surface area contributed by atoms with Gasteiger partial charge in [-0.1, -0.05) is 0 Å². The molecule has 0 saturated carbocycles. The molecule has 1 aliphatic rings. The monoisotopic (exact) mass is 341 g/mol. The number of nitrogens with one attached hydrogen (secondary N) is 1. The summed E-state index contributed by atoms with van der Waals surface area (Å²) in [6, 6.07) is 1.74. The first-order chi connectivity index (χ1) is 9.51. The van der Waals surface area contributed by atoms with Gasteiger partial charge < -0.3 is 15.2 Å². The molecule has 7 heteroatoms. The average Bonchev–Trinajstić information content (AvgIpc) is 2.83. The molecule has 0 aliphatic carbocycles. The molecule has 1 aliphatic heterocycles. The summed E-state index contributed by atoms with van der Waals surface area (Å²) < 4.78 is 0.758. The number of nitrogens with two attached hydrogens (primary N) is 1. The zero-order chi connectivity index (χ0) is 14.7. The van der Waals surface area contributed by atoms with Gasteiger partial charge in [-0.2, -0.15) is 0 Å². The van der Waals surface area contributed by atoms with E-state index in [1.54, 1.807) is 17.2 Å². The highest BCUT2D eigenvalue weighted by atomic mass is 79.9. The van der Waals surface area contributed by atoms with E-state index in [1.807, 2.05) is 7.05 Å². The number of likely N-dealkylation sites (tertiary alicyclic amines) is 1. The van der Waals surface area contributed by atoms with E-state index in [1.165, 1.54) is 0 Å². The van der Waals surface area contributed by atoms with E-state index in [2.05, 4.69) is 38.3 Å². The molecule has 6 nitrogen and oxygen atoms in total. The molecular weight excluding hydrogens is 322 g/mol. The number of carbonyl (C=O) groups is 1. The maximum absolute atomic E-state index is 12.5. The Hall–Kier alpha value is -1.18. The van der Waals surface area contributed by atoms with Crippen molar-refractivity contribution in [1.29, 1.82) is 0 Å². The summed E-state index contributed by atoms with van der Waals surface area (Å²) in [5, 5.41) is 0. The van der Waals surface area contributed by atoms with Crippen LogP contribution in [0.1, 0.15) is 16.8 Å². The van der Waals surface area contributed by atoms with Crippen molar-refractivity contribution in [3.8, 4) is 0 Å². The van der Waals surface area contributed by atoms with Crippen molar-refractivity contribution < 1.29 is 4.79 Å². The van der Waals surface area contributed by atoms with Crippen molar-refractivity contribution in [2.45, 2.75) is 6.42 Å². The molecule has 1 aromatic rings. The summed E-state index contributed by atoms with van der Waals surface area (Å²) in [7, 11) is 3.93. The topological polar surface area (TPSA) is 74.5 Å². The summed E-state index contributed by atoms with van der Waals surface area (Å²) in [5.74, 6) is 6.27. The third kappa shape index (κ3) is 3.47. The predicted molar refractivity (Wildman–Crippen MR) is 82.3 cm³/mol. The van der Waals surface area contributed by atoms with E-state index in [0.717, 1.165) is 30.5 Å². The Kier molecular flexibility index (Phi) is 4.95. The number of rotatable bonds is 4. The van der Waals surface area contributed by atoms with Gasteiger partial charge in [-0.05, 0) is 47.9 Å². The lowest BCUT2D eigenvalue weighted by atomic mass is 10.1. The van der Waals surface area contributed by atoms with Crippen LogP contribution in [0, 0.1) is 5.92 Å². The summed E-state index contributed by atoms with van der Waals surface area (Å²) in [5.41, 5.74) is 2.95. The number of hydrogen-bond donors (Lipinski definition) is 2. The lowest BCUT2D eigenvalue weighted by Gasteiger charge is -2.22. The van der Waals surface area contributed by atoms with Crippen LogP contribution in [0.3, 0.4) is 0 Å². The van der Waals surface area contributed by atoms with Gasteiger partial charge in [0.2, 0.25) is 0 Å². The van der Waals surface area contributed by atoms with Gasteiger partial charge in [-0.15, -0.1) is 0 Å². The normalized spacial score (nSPS) is 19.1. The molecule has 20 heavy (non-hydrogen) atoms. The molecule has 0 aromatic carbocycles. The first-order valence-corrected chi connectivity index (χ1v) is 7.36. The minimum absolute atomic E-state index is 0.0682. The second kappa shape index (κ2) is 6.51. The summed E-state index contributed by atoms with van der Waals surface area (Å²) in [4.78, 5) is 20.6. The van der Waals surface area contributed by atoms with Crippen molar-refractivity contribution >= 4 is 27.7 Å². The van der Waals surface area contributed by atoms with Gasteiger partial charge in [-0.3, -0.25) is 4.79 Å². The van der Waals surface area contributed by atoms with Gasteiger partial charge >= 0.3 is 0 Å². The Bertz CT molecular complexity index is 496. The fourth-order valence-corrected chi connectivity index (χ4v) is 2.90. The summed E-state index contributed by atoms with van der Waals surface area (Å²) >= 11 is 3.33. The molecule has 1 amide bonds. The van der Waals surface area contributed by atoms with Gasteiger partial charge in [0.25, 0.3) is 5.91 Å². The van der Waals surface area contributed by atoms with Crippen LogP contribution in [0.2, 0.25) is 0 Å². The van der Waals surface area contributed by atoms with E-state index in [0.29, 0.717) is 17.3 Å². The molecule has 2 heterocycles. The maximum Gasteiger partial charge on any atom is 0.257 e. The van der Waals surface area contributed by atoms with Crippen molar-refractivity contribution in [1.82, 2.24) is 14.8 Å². The van der Waals surface area contributed by atoms with Crippen LogP contribution in [-0.4, -0.2) is 54.4 Å². The van der Waals surface area contributed by atoms with Gasteiger partial charge in [-0.25, -0.2) is 10.8 Å². The van der Waals surface area contributed by atoms with Crippen LogP contribution in [0.4, 0.5) is 5.82 Å². The molecule has 2 rings (SSSR count). The lowest BCUT2D eigenvalue weighted by Crippen LogP contribution is -2.33. The molecule has 0 bridgehead atoms. The number of pyridine rings is 1. The van der Waals surface area contributed by atoms with E-state index in [4.69, 9.17) is 5.84 Å². The molecule has 1 fully saturated rings. The van der Waals surface area contributed by atoms with Gasteiger partial charge in [0.05, 0.1) is 5.56 Å². The van der Waals surface area contributed by atoms with Crippen LogP contribution >= 0.6 is 15.9 Å². The largest absolute Gasteiger partial charge is 0.341 e. The molecule has 1 saturated heterocycles. The minimum Gasteiger partial charge on any atom is -0.341 e. The number of nitrogen functional groups attached to an aromatic ring is 1. The Morgan fingerprint density at radius 2 is 2.45 bits per heavy atom. The summed E-state index contributed by atoms with van der Waals surface area (Å²) in [6.45, 7) is 2.89. The fraction of sp³-hybridized carbons (Fsp3) is 0.538. The van der Waals surface area contributed by atoms with Crippen molar-refractivity contribution in [3.05, 3.63) is 22.3 Å². The second-order valence-electron chi connectivity index (χ2n) is 5.30. The number of carbonyl (C=O) groups excluding carboxylic acids is 1. The van der Waals surface area contributed by atoms with Gasteiger partial charge in [0.1, 0.15) is 0 Å². The highest BCUT2D eigenvalue weighted by molar-refractivity contribution is 9.10. The molecule has 1 atom stereocenters. The molecule has 0 radical (unpaired) electrons.